The van der Waals surface area contributed by atoms with Gasteiger partial charge in [-0.25, -0.2) is 4.98 Å². The summed E-state index contributed by atoms with van der Waals surface area (Å²) in [6, 6.07) is 0.607. The fraction of sp³-hybridized carbons (Fsp3) is 0.800. The summed E-state index contributed by atoms with van der Waals surface area (Å²) in [5.41, 5.74) is 1.19. The first kappa shape index (κ1) is 15.7. The third kappa shape index (κ3) is 3.93. The molecular weight excluding hydrogens is 268 g/mol. The number of anilines is 1. The van der Waals surface area contributed by atoms with Gasteiger partial charge in [0.25, 0.3) is 0 Å². The molecule has 1 atom stereocenters. The molecule has 1 aromatic rings. The zero-order chi connectivity index (χ0) is 14.7. The molecule has 0 aliphatic carbocycles. The van der Waals surface area contributed by atoms with Crippen LogP contribution in [0.15, 0.2) is 0 Å². The maximum atomic E-state index is 4.78. The summed E-state index contributed by atoms with van der Waals surface area (Å²) in [6.45, 7) is 14.2. The van der Waals surface area contributed by atoms with Crippen molar-refractivity contribution in [1.29, 1.82) is 0 Å². The van der Waals surface area contributed by atoms with Crippen LogP contribution in [0.3, 0.4) is 0 Å². The lowest BCUT2D eigenvalue weighted by atomic mass is 10.2. The molecule has 0 aromatic carbocycles. The number of hydrogen-bond acceptors (Lipinski definition) is 5. The maximum Gasteiger partial charge on any atom is 0.185 e. The molecule has 1 aromatic heterocycles. The quantitative estimate of drug-likeness (QED) is 0.904. The van der Waals surface area contributed by atoms with Crippen LogP contribution in [0.1, 0.15) is 31.3 Å². The predicted octanol–water partition coefficient (Wildman–Crippen LogP) is 2.34. The van der Waals surface area contributed by atoms with Gasteiger partial charge < -0.3 is 15.1 Å². The predicted molar refractivity (Wildman–Crippen MR) is 87.7 cm³/mol. The van der Waals surface area contributed by atoms with Crippen LogP contribution in [-0.2, 0) is 6.54 Å². The normalized spacial score (nSPS) is 20.9. The topological polar surface area (TPSA) is 31.4 Å². The van der Waals surface area contributed by atoms with Crippen molar-refractivity contribution in [3.05, 3.63) is 10.6 Å². The molecule has 0 amide bonds. The van der Waals surface area contributed by atoms with Crippen molar-refractivity contribution >= 4 is 16.5 Å². The van der Waals surface area contributed by atoms with Gasteiger partial charge in [-0.2, -0.15) is 0 Å². The molecule has 2 heterocycles. The van der Waals surface area contributed by atoms with E-state index in [0.717, 1.165) is 32.7 Å². The monoisotopic (exact) mass is 296 g/mol. The van der Waals surface area contributed by atoms with Crippen LogP contribution in [0.25, 0.3) is 0 Å². The van der Waals surface area contributed by atoms with Crippen molar-refractivity contribution in [2.45, 2.75) is 40.3 Å². The first-order chi connectivity index (χ1) is 9.47. The summed E-state index contributed by atoms with van der Waals surface area (Å²) >= 11 is 1.85. The second-order valence-electron chi connectivity index (χ2n) is 6.31. The van der Waals surface area contributed by atoms with E-state index in [-0.39, 0.29) is 0 Å². The number of aryl methyl sites for hydroxylation is 1. The maximum absolute atomic E-state index is 4.78. The average Bonchev–Trinajstić information content (AvgIpc) is 2.74. The van der Waals surface area contributed by atoms with Crippen LogP contribution in [0.5, 0.6) is 0 Å². The smallest absolute Gasteiger partial charge is 0.185 e. The van der Waals surface area contributed by atoms with Gasteiger partial charge in [-0.1, -0.05) is 13.8 Å². The second kappa shape index (κ2) is 6.87. The minimum atomic E-state index is 0.607. The average molecular weight is 296 g/mol. The Balaban J connectivity index is 1.96. The Morgan fingerprint density at radius 1 is 1.40 bits per heavy atom. The van der Waals surface area contributed by atoms with Crippen molar-refractivity contribution < 1.29 is 0 Å². The van der Waals surface area contributed by atoms with Gasteiger partial charge in [0.05, 0.1) is 5.69 Å². The minimum absolute atomic E-state index is 0.607. The molecule has 1 N–H and O–H groups in total. The summed E-state index contributed by atoms with van der Waals surface area (Å²) < 4.78 is 0. The van der Waals surface area contributed by atoms with E-state index < -0.39 is 0 Å². The number of hydrogen-bond donors (Lipinski definition) is 1. The Kier molecular flexibility index (Phi) is 5.41. The van der Waals surface area contributed by atoms with E-state index in [0.29, 0.717) is 12.0 Å². The van der Waals surface area contributed by atoms with Gasteiger partial charge >= 0.3 is 0 Å². The van der Waals surface area contributed by atoms with Gasteiger partial charge in [0, 0.05) is 37.1 Å². The van der Waals surface area contributed by atoms with Crippen molar-refractivity contribution in [2.75, 3.05) is 38.1 Å². The van der Waals surface area contributed by atoms with Gasteiger partial charge in [0.1, 0.15) is 0 Å². The highest BCUT2D eigenvalue weighted by Gasteiger charge is 2.23. The number of nitrogens with zero attached hydrogens (tertiary/aromatic N) is 3. The number of nitrogens with one attached hydrogen (secondary N) is 1. The fourth-order valence-corrected chi connectivity index (χ4v) is 3.47. The molecule has 114 valence electrons. The van der Waals surface area contributed by atoms with Crippen molar-refractivity contribution in [2.24, 2.45) is 5.92 Å². The van der Waals surface area contributed by atoms with Crippen LogP contribution in [0.2, 0.25) is 0 Å². The summed E-state index contributed by atoms with van der Waals surface area (Å²) in [5.74, 6) is 0.696. The van der Waals surface area contributed by atoms with Gasteiger partial charge in [0.15, 0.2) is 5.13 Å². The minimum Gasteiger partial charge on any atom is -0.345 e. The Labute approximate surface area is 127 Å². The Morgan fingerprint density at radius 3 is 2.80 bits per heavy atom. The van der Waals surface area contributed by atoms with E-state index in [1.807, 2.05) is 11.3 Å². The SMILES string of the molecule is Cc1nc(N2CCN(C)C(C)C2)sc1CNCC(C)C. The van der Waals surface area contributed by atoms with E-state index in [1.165, 1.54) is 15.7 Å². The molecule has 1 aliphatic rings. The Morgan fingerprint density at radius 2 is 2.15 bits per heavy atom. The molecule has 1 fully saturated rings. The molecule has 0 spiro atoms. The number of aromatic nitrogens is 1. The van der Waals surface area contributed by atoms with Crippen molar-refractivity contribution in [3.8, 4) is 0 Å². The summed E-state index contributed by atoms with van der Waals surface area (Å²) in [4.78, 5) is 11.0. The molecule has 1 unspecified atom stereocenters. The second-order valence-corrected chi connectivity index (χ2v) is 7.37. The number of likely N-dealkylation sites (N-methyl/N-ethyl adjacent to an activating group) is 1. The molecule has 0 radical (unpaired) electrons. The molecule has 4 nitrogen and oxygen atoms in total. The number of thiazole rings is 1. The molecule has 0 saturated carbocycles. The zero-order valence-electron chi connectivity index (χ0n) is 13.4. The highest BCUT2D eigenvalue weighted by atomic mass is 32.1. The summed E-state index contributed by atoms with van der Waals surface area (Å²) in [6.07, 6.45) is 0. The van der Waals surface area contributed by atoms with Crippen LogP contribution in [0.4, 0.5) is 5.13 Å². The third-order valence-electron chi connectivity index (χ3n) is 3.95. The largest absolute Gasteiger partial charge is 0.345 e. The first-order valence-corrected chi connectivity index (χ1v) is 8.41. The lowest BCUT2D eigenvalue weighted by Crippen LogP contribution is -2.50. The standard InChI is InChI=1S/C15H28N4S/c1-11(2)8-16-9-14-13(4)17-15(20-14)19-7-6-18(5)12(3)10-19/h11-12,16H,6-10H2,1-5H3. The van der Waals surface area contributed by atoms with Gasteiger partial charge in [-0.15, -0.1) is 11.3 Å². The first-order valence-electron chi connectivity index (χ1n) is 7.59. The molecule has 5 heteroatoms. The highest BCUT2D eigenvalue weighted by Crippen LogP contribution is 2.27. The summed E-state index contributed by atoms with van der Waals surface area (Å²) in [7, 11) is 2.20. The highest BCUT2D eigenvalue weighted by molar-refractivity contribution is 7.15. The Bertz CT molecular complexity index is 430. The van der Waals surface area contributed by atoms with Gasteiger partial charge in [-0.05, 0) is 33.4 Å². The summed E-state index contributed by atoms with van der Waals surface area (Å²) in [5, 5.41) is 4.72. The third-order valence-corrected chi connectivity index (χ3v) is 5.17. The van der Waals surface area contributed by atoms with Crippen molar-refractivity contribution in [3.63, 3.8) is 0 Å². The molecular formula is C15H28N4S. The Hall–Kier alpha value is -0.650. The van der Waals surface area contributed by atoms with Crippen LogP contribution >= 0.6 is 11.3 Å². The molecule has 20 heavy (non-hydrogen) atoms. The molecule has 1 aliphatic heterocycles. The van der Waals surface area contributed by atoms with Crippen molar-refractivity contribution in [1.82, 2.24) is 15.2 Å². The number of rotatable bonds is 5. The zero-order valence-corrected chi connectivity index (χ0v) is 14.3. The van der Waals surface area contributed by atoms with E-state index in [9.17, 15) is 0 Å². The molecule has 0 bridgehead atoms. The van der Waals surface area contributed by atoms with Crippen LogP contribution in [-0.4, -0.2) is 49.2 Å². The molecule has 2 rings (SSSR count). The fourth-order valence-electron chi connectivity index (χ4n) is 2.41. The van der Waals surface area contributed by atoms with E-state index >= 15 is 0 Å². The van der Waals surface area contributed by atoms with Crippen LogP contribution < -0.4 is 10.2 Å². The van der Waals surface area contributed by atoms with E-state index in [1.54, 1.807) is 0 Å². The number of piperazine rings is 1. The van der Waals surface area contributed by atoms with E-state index in [4.69, 9.17) is 4.98 Å². The van der Waals surface area contributed by atoms with Gasteiger partial charge in [-0.3, -0.25) is 0 Å². The lowest BCUT2D eigenvalue weighted by molar-refractivity contribution is 0.234. The lowest BCUT2D eigenvalue weighted by Gasteiger charge is -2.37. The van der Waals surface area contributed by atoms with E-state index in [2.05, 4.69) is 49.9 Å². The molecule has 1 saturated heterocycles. The van der Waals surface area contributed by atoms with Gasteiger partial charge in [0.2, 0.25) is 0 Å². The van der Waals surface area contributed by atoms with Crippen LogP contribution in [0, 0.1) is 12.8 Å².